The first kappa shape index (κ1) is 15.9. The van der Waals surface area contributed by atoms with Crippen LogP contribution in [0.2, 0.25) is 0 Å². The molecule has 6 heteroatoms. The lowest BCUT2D eigenvalue weighted by atomic mass is 9.79. The highest BCUT2D eigenvalue weighted by molar-refractivity contribution is 8.59. The van der Waals surface area contributed by atoms with Crippen LogP contribution in [0, 0.1) is 11.8 Å². The Morgan fingerprint density at radius 1 is 1.53 bits per heavy atom. The molecule has 4 unspecified atom stereocenters. The summed E-state index contributed by atoms with van der Waals surface area (Å²) in [5.41, 5.74) is -2.86. The van der Waals surface area contributed by atoms with Gasteiger partial charge < -0.3 is 14.3 Å². The number of nitrogens with zero attached hydrogens (tertiary/aromatic N) is 1. The molecule has 102 valence electrons. The van der Waals surface area contributed by atoms with E-state index >= 15 is 0 Å². The summed E-state index contributed by atoms with van der Waals surface area (Å²) in [5.74, 6) is 1.25. The lowest BCUT2D eigenvalue weighted by molar-refractivity contribution is 0.0743. The van der Waals surface area contributed by atoms with Crippen LogP contribution < -0.4 is 0 Å². The lowest BCUT2D eigenvalue weighted by Gasteiger charge is -2.35. The maximum absolute atomic E-state index is 9.65. The molecule has 0 radical (unpaired) electrons. The first-order valence-electron chi connectivity index (χ1n) is 6.16. The molecule has 0 aromatic rings. The highest BCUT2D eigenvalue weighted by Crippen LogP contribution is 2.50. The maximum atomic E-state index is 9.65. The summed E-state index contributed by atoms with van der Waals surface area (Å²) in [5, 5.41) is 0. The van der Waals surface area contributed by atoms with Gasteiger partial charge in [0.05, 0.1) is 6.10 Å². The van der Waals surface area contributed by atoms with Crippen molar-refractivity contribution in [3.05, 3.63) is 0 Å². The van der Waals surface area contributed by atoms with Gasteiger partial charge in [0.25, 0.3) is 0 Å². The van der Waals surface area contributed by atoms with Crippen LogP contribution in [0.15, 0.2) is 0 Å². The van der Waals surface area contributed by atoms with E-state index in [4.69, 9.17) is 16.3 Å². The molecule has 1 rings (SSSR count). The zero-order valence-electron chi connectivity index (χ0n) is 10.9. The van der Waals surface area contributed by atoms with Crippen LogP contribution in [0.4, 0.5) is 0 Å². The van der Waals surface area contributed by atoms with Crippen LogP contribution in [-0.2, 0) is 16.3 Å². The first-order valence-corrected chi connectivity index (χ1v) is 9.99. The van der Waals surface area contributed by atoms with Crippen molar-refractivity contribution in [3.63, 3.8) is 0 Å². The summed E-state index contributed by atoms with van der Waals surface area (Å²) in [6.07, 6.45) is 4.91. The van der Waals surface area contributed by atoms with Crippen molar-refractivity contribution in [2.45, 2.75) is 38.7 Å². The normalized spacial score (nSPS) is 31.2. The van der Waals surface area contributed by atoms with Gasteiger partial charge in [-0.15, -0.1) is 0 Å². The Morgan fingerprint density at radius 3 is 2.65 bits per heavy atom. The van der Waals surface area contributed by atoms with Crippen molar-refractivity contribution in [3.8, 4) is 0 Å². The maximum Gasteiger partial charge on any atom is 0.241 e. The minimum absolute atomic E-state index is 0.0149. The summed E-state index contributed by atoms with van der Waals surface area (Å²) in [7, 11) is 4.03. The van der Waals surface area contributed by atoms with Gasteiger partial charge in [-0.3, -0.25) is 0 Å². The Bertz CT molecular complexity index is 283. The molecule has 4 atom stereocenters. The zero-order valence-corrected chi connectivity index (χ0v) is 13.5. The topological polar surface area (TPSA) is 32.7 Å². The molecule has 0 aliphatic heterocycles. The fourth-order valence-electron chi connectivity index (χ4n) is 2.62. The average Bonchev–Trinajstić information content (AvgIpc) is 2.13. The van der Waals surface area contributed by atoms with Gasteiger partial charge >= 0.3 is 0 Å². The Labute approximate surface area is 115 Å². The number of hydrogen-bond acceptors (Lipinski definition) is 3. The summed E-state index contributed by atoms with van der Waals surface area (Å²) in [6, 6.07) is 0. The van der Waals surface area contributed by atoms with E-state index in [1.165, 1.54) is 25.7 Å². The monoisotopic (exact) mass is 297 g/mol. The third-order valence-corrected chi connectivity index (χ3v) is 4.41. The SMILES string of the molecule is CC1CCCC(C(CN(C)C)OP(O)(=S)S)C1. The Hall–Kier alpha value is 0.880. The second-order valence-electron chi connectivity index (χ2n) is 5.43. The molecule has 0 bridgehead atoms. The predicted molar refractivity (Wildman–Crippen MR) is 80.0 cm³/mol. The molecule has 0 aromatic heterocycles. The van der Waals surface area contributed by atoms with Crippen LogP contribution in [0.3, 0.4) is 0 Å². The Morgan fingerprint density at radius 2 is 2.18 bits per heavy atom. The molecular weight excluding hydrogens is 273 g/mol. The van der Waals surface area contributed by atoms with Crippen molar-refractivity contribution in [2.24, 2.45) is 11.8 Å². The van der Waals surface area contributed by atoms with Gasteiger partial charge in [-0.2, -0.15) is 0 Å². The molecular formula is C11H24NO2PS2. The van der Waals surface area contributed by atoms with Crippen molar-refractivity contribution in [2.75, 3.05) is 20.6 Å². The number of rotatable bonds is 5. The predicted octanol–water partition coefficient (Wildman–Crippen LogP) is 2.91. The minimum Gasteiger partial charge on any atom is -0.338 e. The highest BCUT2D eigenvalue weighted by atomic mass is 32.9. The molecule has 1 aliphatic rings. The van der Waals surface area contributed by atoms with Crippen LogP contribution in [0.1, 0.15) is 32.6 Å². The van der Waals surface area contributed by atoms with E-state index in [9.17, 15) is 4.89 Å². The van der Waals surface area contributed by atoms with Crippen molar-refractivity contribution in [1.29, 1.82) is 0 Å². The number of hydrogen-bond donors (Lipinski definition) is 2. The zero-order chi connectivity index (χ0) is 13.1. The van der Waals surface area contributed by atoms with Crippen molar-refractivity contribution in [1.82, 2.24) is 4.90 Å². The first-order chi connectivity index (χ1) is 7.78. The summed E-state index contributed by atoms with van der Waals surface area (Å²) in [6.45, 7) is 3.09. The molecule has 3 nitrogen and oxygen atoms in total. The molecule has 0 aromatic carbocycles. The Balaban J connectivity index is 2.64. The largest absolute Gasteiger partial charge is 0.338 e. The van der Waals surface area contributed by atoms with E-state index in [1.807, 2.05) is 14.1 Å². The highest BCUT2D eigenvalue weighted by Gasteiger charge is 2.30. The smallest absolute Gasteiger partial charge is 0.241 e. The van der Waals surface area contributed by atoms with Gasteiger partial charge in [-0.25, -0.2) is 0 Å². The molecule has 0 spiro atoms. The van der Waals surface area contributed by atoms with Crippen molar-refractivity contribution < 1.29 is 9.42 Å². The molecule has 1 N–H and O–H groups in total. The van der Waals surface area contributed by atoms with Gasteiger partial charge in [0.15, 0.2) is 0 Å². The van der Waals surface area contributed by atoms with E-state index < -0.39 is 5.69 Å². The van der Waals surface area contributed by atoms with E-state index in [-0.39, 0.29) is 6.10 Å². The minimum atomic E-state index is -2.86. The van der Waals surface area contributed by atoms with Crippen LogP contribution in [0.25, 0.3) is 0 Å². The summed E-state index contributed by atoms with van der Waals surface area (Å²) >= 11 is 8.90. The van der Waals surface area contributed by atoms with Gasteiger partial charge in [-0.1, -0.05) is 32.0 Å². The molecule has 0 amide bonds. The molecule has 0 saturated heterocycles. The van der Waals surface area contributed by atoms with E-state index in [1.54, 1.807) is 0 Å². The summed E-state index contributed by atoms with van der Waals surface area (Å²) in [4.78, 5) is 11.7. The third kappa shape index (κ3) is 6.55. The molecule has 1 aliphatic carbocycles. The summed E-state index contributed by atoms with van der Waals surface area (Å²) < 4.78 is 5.64. The van der Waals surface area contributed by atoms with Crippen LogP contribution >= 0.6 is 17.9 Å². The van der Waals surface area contributed by atoms with Gasteiger partial charge in [0.2, 0.25) is 5.69 Å². The van der Waals surface area contributed by atoms with E-state index in [2.05, 4.69) is 24.1 Å². The molecule has 0 heterocycles. The average molecular weight is 297 g/mol. The van der Waals surface area contributed by atoms with E-state index in [0.29, 0.717) is 5.92 Å². The van der Waals surface area contributed by atoms with E-state index in [0.717, 1.165) is 12.5 Å². The molecule has 17 heavy (non-hydrogen) atoms. The fraction of sp³-hybridized carbons (Fsp3) is 1.00. The lowest BCUT2D eigenvalue weighted by Crippen LogP contribution is -2.36. The third-order valence-electron chi connectivity index (χ3n) is 3.32. The second kappa shape index (κ2) is 6.88. The van der Waals surface area contributed by atoms with Gasteiger partial charge in [0, 0.05) is 6.54 Å². The standard InChI is InChI=1S/C11H24NO2PS2/c1-9-5-4-6-10(7-9)11(8-12(2)3)14-15(13,16)17/h9-11H,4-8H2,1-3H3,(H2,13,16,17). The quantitative estimate of drug-likeness (QED) is 0.604. The van der Waals surface area contributed by atoms with Crippen LogP contribution in [-0.4, -0.2) is 36.5 Å². The van der Waals surface area contributed by atoms with Gasteiger partial charge in [-0.05, 0) is 50.6 Å². The Kier molecular flexibility index (Phi) is 6.45. The second-order valence-corrected chi connectivity index (χ2v) is 10.5. The molecule has 1 saturated carbocycles. The van der Waals surface area contributed by atoms with Crippen LogP contribution in [0.5, 0.6) is 0 Å². The fourth-order valence-corrected chi connectivity index (χ4v) is 3.91. The number of thiol groups is 1. The van der Waals surface area contributed by atoms with Gasteiger partial charge in [0.1, 0.15) is 0 Å². The molecule has 1 fully saturated rings. The van der Waals surface area contributed by atoms with Crippen molar-refractivity contribution >= 4 is 29.7 Å². The number of likely N-dealkylation sites (N-methyl/N-ethyl adjacent to an activating group) is 1.